The van der Waals surface area contributed by atoms with Crippen LogP contribution in [-0.2, 0) is 0 Å². The largest absolute Gasteiger partial charge is 0.314 e. The van der Waals surface area contributed by atoms with Gasteiger partial charge < -0.3 is 5.32 Å². The van der Waals surface area contributed by atoms with Crippen LogP contribution in [0.1, 0.15) is 27.7 Å². The van der Waals surface area contributed by atoms with Gasteiger partial charge >= 0.3 is 0 Å². The Morgan fingerprint density at radius 2 is 1.55 bits per heavy atom. The lowest BCUT2D eigenvalue weighted by atomic mass is 10.1. The molecule has 1 rings (SSSR count). The minimum Gasteiger partial charge on any atom is -0.314 e. The molecule has 0 aromatic carbocycles. The van der Waals surface area contributed by atoms with Crippen LogP contribution < -0.4 is 5.32 Å². The van der Waals surface area contributed by atoms with Gasteiger partial charge in [0.1, 0.15) is 0 Å². The van der Waals surface area contributed by atoms with Crippen LogP contribution in [0.15, 0.2) is 0 Å². The minimum atomic E-state index is 0.682. The molecule has 0 unspecified atom stereocenters. The van der Waals surface area contributed by atoms with Crippen LogP contribution in [0.2, 0.25) is 0 Å². The first-order valence-electron chi connectivity index (χ1n) is 4.61. The molecule has 2 nitrogen and oxygen atoms in total. The number of rotatable bonds is 3. The summed E-state index contributed by atoms with van der Waals surface area (Å²) in [6.07, 6.45) is 0. The highest BCUT2D eigenvalue weighted by Gasteiger charge is 2.27. The van der Waals surface area contributed by atoms with Crippen molar-refractivity contribution in [3.05, 3.63) is 0 Å². The summed E-state index contributed by atoms with van der Waals surface area (Å²) in [6.45, 7) is 11.5. The van der Waals surface area contributed by atoms with Crippen LogP contribution in [0, 0.1) is 0 Å². The SMILES string of the molecule is CC(C)N(C(C)C)C1CNC1. The van der Waals surface area contributed by atoms with Crippen molar-refractivity contribution in [2.75, 3.05) is 13.1 Å². The molecule has 1 heterocycles. The quantitative estimate of drug-likeness (QED) is 0.657. The van der Waals surface area contributed by atoms with E-state index in [0.29, 0.717) is 12.1 Å². The van der Waals surface area contributed by atoms with Gasteiger partial charge in [0.25, 0.3) is 0 Å². The molecular formula is C9H20N2. The molecule has 0 aromatic heterocycles. The van der Waals surface area contributed by atoms with Gasteiger partial charge in [-0.2, -0.15) is 0 Å². The van der Waals surface area contributed by atoms with Gasteiger partial charge in [-0.1, -0.05) is 0 Å². The van der Waals surface area contributed by atoms with E-state index in [4.69, 9.17) is 0 Å². The van der Waals surface area contributed by atoms with Crippen LogP contribution >= 0.6 is 0 Å². The van der Waals surface area contributed by atoms with Crippen molar-refractivity contribution in [3.8, 4) is 0 Å². The summed E-state index contributed by atoms with van der Waals surface area (Å²) in [5.74, 6) is 0. The van der Waals surface area contributed by atoms with Crippen molar-refractivity contribution < 1.29 is 0 Å². The van der Waals surface area contributed by atoms with Gasteiger partial charge in [0.05, 0.1) is 0 Å². The van der Waals surface area contributed by atoms with Crippen LogP contribution in [0.5, 0.6) is 0 Å². The molecule has 0 atom stereocenters. The fourth-order valence-electron chi connectivity index (χ4n) is 1.92. The Morgan fingerprint density at radius 1 is 1.09 bits per heavy atom. The van der Waals surface area contributed by atoms with Gasteiger partial charge in [-0.3, -0.25) is 4.90 Å². The second-order valence-electron chi connectivity index (χ2n) is 3.95. The van der Waals surface area contributed by atoms with Gasteiger partial charge in [0, 0.05) is 31.2 Å². The van der Waals surface area contributed by atoms with E-state index in [1.807, 2.05) is 0 Å². The Labute approximate surface area is 70.0 Å². The van der Waals surface area contributed by atoms with Crippen LogP contribution in [-0.4, -0.2) is 36.1 Å². The third kappa shape index (κ3) is 1.94. The molecule has 0 aromatic rings. The van der Waals surface area contributed by atoms with E-state index in [1.165, 1.54) is 13.1 Å². The molecule has 1 aliphatic rings. The van der Waals surface area contributed by atoms with Crippen molar-refractivity contribution in [2.24, 2.45) is 0 Å². The van der Waals surface area contributed by atoms with Gasteiger partial charge in [-0.15, -0.1) is 0 Å². The molecule has 1 N–H and O–H groups in total. The summed E-state index contributed by atoms with van der Waals surface area (Å²) >= 11 is 0. The Kier molecular flexibility index (Phi) is 2.90. The van der Waals surface area contributed by atoms with Crippen molar-refractivity contribution in [1.29, 1.82) is 0 Å². The second-order valence-corrected chi connectivity index (χ2v) is 3.95. The smallest absolute Gasteiger partial charge is 0.0350 e. The molecule has 1 saturated heterocycles. The number of hydrogen-bond donors (Lipinski definition) is 1. The first-order chi connectivity index (χ1) is 5.13. The summed E-state index contributed by atoms with van der Waals surface area (Å²) in [5, 5.41) is 3.31. The third-order valence-electron chi connectivity index (χ3n) is 2.37. The van der Waals surface area contributed by atoms with E-state index >= 15 is 0 Å². The zero-order valence-corrected chi connectivity index (χ0v) is 8.09. The normalized spacial score (nSPS) is 19.9. The van der Waals surface area contributed by atoms with E-state index in [9.17, 15) is 0 Å². The molecule has 0 amide bonds. The zero-order chi connectivity index (χ0) is 8.43. The average Bonchev–Trinajstić information content (AvgIpc) is 1.75. The molecule has 0 radical (unpaired) electrons. The van der Waals surface area contributed by atoms with Crippen molar-refractivity contribution >= 4 is 0 Å². The topological polar surface area (TPSA) is 15.3 Å². The van der Waals surface area contributed by atoms with E-state index in [0.717, 1.165) is 6.04 Å². The van der Waals surface area contributed by atoms with Crippen LogP contribution in [0.3, 0.4) is 0 Å². The summed E-state index contributed by atoms with van der Waals surface area (Å²) in [5.41, 5.74) is 0. The number of hydrogen-bond acceptors (Lipinski definition) is 2. The highest BCUT2D eigenvalue weighted by Crippen LogP contribution is 2.13. The Hall–Kier alpha value is -0.0800. The lowest BCUT2D eigenvalue weighted by Gasteiger charge is -2.43. The van der Waals surface area contributed by atoms with E-state index in [-0.39, 0.29) is 0 Å². The van der Waals surface area contributed by atoms with Crippen LogP contribution in [0.25, 0.3) is 0 Å². The third-order valence-corrected chi connectivity index (χ3v) is 2.37. The van der Waals surface area contributed by atoms with Crippen molar-refractivity contribution in [1.82, 2.24) is 10.2 Å². The summed E-state index contributed by atoms with van der Waals surface area (Å²) in [4.78, 5) is 2.58. The lowest BCUT2D eigenvalue weighted by Crippen LogP contribution is -2.60. The molecule has 0 aliphatic carbocycles. The van der Waals surface area contributed by atoms with E-state index in [1.54, 1.807) is 0 Å². The highest BCUT2D eigenvalue weighted by atomic mass is 15.3. The first kappa shape index (κ1) is 9.01. The van der Waals surface area contributed by atoms with E-state index in [2.05, 4.69) is 37.9 Å². The maximum atomic E-state index is 3.31. The van der Waals surface area contributed by atoms with E-state index < -0.39 is 0 Å². The summed E-state index contributed by atoms with van der Waals surface area (Å²) in [7, 11) is 0. The predicted molar refractivity (Wildman–Crippen MR) is 48.8 cm³/mol. The fraction of sp³-hybridized carbons (Fsp3) is 1.00. The van der Waals surface area contributed by atoms with Gasteiger partial charge in [-0.05, 0) is 27.7 Å². The molecule has 1 fully saturated rings. The van der Waals surface area contributed by atoms with Crippen molar-refractivity contribution in [2.45, 2.75) is 45.8 Å². The highest BCUT2D eigenvalue weighted by molar-refractivity contribution is 4.87. The number of nitrogens with one attached hydrogen (secondary N) is 1. The Morgan fingerprint density at radius 3 is 1.64 bits per heavy atom. The first-order valence-corrected chi connectivity index (χ1v) is 4.61. The molecule has 0 bridgehead atoms. The van der Waals surface area contributed by atoms with Gasteiger partial charge in [0.2, 0.25) is 0 Å². The second kappa shape index (κ2) is 3.55. The molecule has 0 spiro atoms. The zero-order valence-electron chi connectivity index (χ0n) is 8.09. The fourth-order valence-corrected chi connectivity index (χ4v) is 1.92. The maximum Gasteiger partial charge on any atom is 0.0350 e. The molecule has 66 valence electrons. The predicted octanol–water partition coefficient (Wildman–Crippen LogP) is 1.08. The maximum absolute atomic E-state index is 3.31. The number of nitrogens with zero attached hydrogens (tertiary/aromatic N) is 1. The molecule has 11 heavy (non-hydrogen) atoms. The molecule has 0 saturated carbocycles. The molecule has 2 heteroatoms. The van der Waals surface area contributed by atoms with Gasteiger partial charge in [0.15, 0.2) is 0 Å². The molecule has 1 aliphatic heterocycles. The average molecular weight is 156 g/mol. The Balaban J connectivity index is 2.44. The van der Waals surface area contributed by atoms with Crippen LogP contribution in [0.4, 0.5) is 0 Å². The lowest BCUT2D eigenvalue weighted by molar-refractivity contribution is 0.0779. The monoisotopic (exact) mass is 156 g/mol. The standard InChI is InChI=1S/C9H20N2/c1-7(2)11(8(3)4)9-5-10-6-9/h7-10H,5-6H2,1-4H3. The Bertz CT molecular complexity index is 109. The van der Waals surface area contributed by atoms with Gasteiger partial charge in [-0.25, -0.2) is 0 Å². The molecular weight excluding hydrogens is 136 g/mol. The van der Waals surface area contributed by atoms with Crippen molar-refractivity contribution in [3.63, 3.8) is 0 Å². The minimum absolute atomic E-state index is 0.682. The summed E-state index contributed by atoms with van der Waals surface area (Å²) in [6, 6.07) is 2.15. The summed E-state index contributed by atoms with van der Waals surface area (Å²) < 4.78 is 0.